The largest absolute Gasteiger partial charge is 0.778 e. The third-order valence-corrected chi connectivity index (χ3v) is 9.68. The number of nitro groups is 1. The Hall–Kier alpha value is -3.92. The standard InChI is InChI=1S/C14H13ClFN3O3S2.C12H9ClN2O3.C3H8NO5P.C3H9S/c15-8-5-9(16)10(6-11(8)23-7-12(20)21)17-13-18-3-1-2-4-19(18)14(22)24-13;13-11-10(18-8-4-2-1-3-5-8)7-6-9(12(11)14)15(16)17;5-3(6)1-4-2-10(7,8)9;1-4(2)3/h5-6H,1-4,7H2,(H,20,21);1-7H,14H2;4H,1-2H2,(H,5,6)(H2,7,8,9);1-3H3/q;;;+1/p-1. The summed E-state index contributed by atoms with van der Waals surface area (Å²) in [6.45, 7) is 0.813. The lowest BCUT2D eigenvalue weighted by atomic mass is 10.2. The number of nitrogen functional groups attached to an aromatic ring is 1. The summed E-state index contributed by atoms with van der Waals surface area (Å²) in [5.41, 5.74) is 5.28. The van der Waals surface area contributed by atoms with Gasteiger partial charge in [0, 0.05) is 24.1 Å². The fourth-order valence-corrected chi connectivity index (χ4v) is 6.56. The molecule has 56 heavy (non-hydrogen) atoms. The number of nitro benzene ring substituents is 1. The zero-order valence-electron chi connectivity index (χ0n) is 29.9. The van der Waals surface area contributed by atoms with Crippen molar-refractivity contribution in [1.29, 1.82) is 0 Å². The molecule has 2 heterocycles. The van der Waals surface area contributed by atoms with E-state index in [4.69, 9.17) is 48.8 Å². The lowest BCUT2D eigenvalue weighted by Crippen LogP contribution is -2.31. The first-order chi connectivity index (χ1) is 26.2. The monoisotopic (exact) mass is 898 g/mol. The maximum Gasteiger partial charge on any atom is 0.325 e. The fraction of sp³-hybridized carbons (Fsp3) is 0.312. The van der Waals surface area contributed by atoms with E-state index < -0.39 is 43.1 Å². The van der Waals surface area contributed by atoms with E-state index in [-0.39, 0.29) is 43.5 Å². The van der Waals surface area contributed by atoms with Gasteiger partial charge in [0.05, 0.1) is 47.3 Å². The van der Waals surface area contributed by atoms with Gasteiger partial charge in [-0.3, -0.25) is 34.5 Å². The summed E-state index contributed by atoms with van der Waals surface area (Å²) in [7, 11) is -3.71. The number of carboxylic acids is 2. The third kappa shape index (κ3) is 17.1. The van der Waals surface area contributed by atoms with E-state index in [1.807, 2.05) is 11.4 Å². The number of para-hydroxylation sites is 1. The van der Waals surface area contributed by atoms with Crippen LogP contribution < -0.4 is 30.4 Å². The Morgan fingerprint density at radius 2 is 1.71 bits per heavy atom. The average Bonchev–Trinajstić information content (AvgIpc) is 3.42. The molecule has 0 aliphatic carbocycles. The van der Waals surface area contributed by atoms with Crippen molar-refractivity contribution < 1.29 is 48.2 Å². The van der Waals surface area contributed by atoms with Crippen molar-refractivity contribution in [2.45, 2.75) is 30.8 Å². The van der Waals surface area contributed by atoms with Crippen molar-refractivity contribution in [3.63, 3.8) is 0 Å². The van der Waals surface area contributed by atoms with E-state index in [0.717, 1.165) is 42.0 Å². The summed E-state index contributed by atoms with van der Waals surface area (Å²) < 4.78 is 33.0. The molecular weight excluding hydrogens is 861 g/mol. The number of halogens is 3. The molecule has 17 nitrogen and oxygen atoms in total. The van der Waals surface area contributed by atoms with Gasteiger partial charge in [0.2, 0.25) is 4.80 Å². The summed E-state index contributed by atoms with van der Waals surface area (Å²) in [6, 6.07) is 14.1. The number of hydrogen-bond donors (Lipinski definition) is 5. The van der Waals surface area contributed by atoms with Crippen molar-refractivity contribution in [2.24, 2.45) is 4.99 Å². The maximum absolute atomic E-state index is 14.2. The Balaban J connectivity index is 0.000000298. The second-order valence-corrected chi connectivity index (χ2v) is 18.2. The van der Waals surface area contributed by atoms with Gasteiger partial charge in [0.15, 0.2) is 0 Å². The smallest absolute Gasteiger partial charge is 0.325 e. The molecule has 1 atom stereocenters. The van der Waals surface area contributed by atoms with Crippen LogP contribution in [0.5, 0.6) is 11.5 Å². The molecule has 1 aromatic heterocycles. The van der Waals surface area contributed by atoms with E-state index in [9.17, 15) is 38.3 Å². The Kier molecular flexibility index (Phi) is 20.1. The Morgan fingerprint density at radius 3 is 2.27 bits per heavy atom. The van der Waals surface area contributed by atoms with E-state index >= 15 is 0 Å². The lowest BCUT2D eigenvalue weighted by Gasteiger charge is -2.15. The Labute approximate surface area is 340 Å². The minimum atomic E-state index is -4.35. The van der Waals surface area contributed by atoms with Gasteiger partial charge in [0.1, 0.15) is 41.3 Å². The molecule has 1 aliphatic rings. The number of fused-ring (bicyclic) bond motifs is 1. The topological polar surface area (TPSA) is 265 Å². The van der Waals surface area contributed by atoms with Crippen LogP contribution in [0.3, 0.4) is 0 Å². The molecule has 1 unspecified atom stereocenters. The number of nitrogens with two attached hydrogens (primary N) is 1. The second-order valence-electron chi connectivity index (χ2n) is 11.5. The van der Waals surface area contributed by atoms with Crippen LogP contribution in [0.15, 0.2) is 69.3 Å². The molecule has 5 rings (SSSR count). The van der Waals surface area contributed by atoms with Crippen molar-refractivity contribution in [2.75, 3.05) is 43.1 Å². The van der Waals surface area contributed by atoms with Gasteiger partial charge in [-0.05, 0) is 65.4 Å². The number of hydrogen-bond acceptors (Lipinski definition) is 13. The molecule has 1 aliphatic heterocycles. The van der Waals surface area contributed by atoms with Crippen molar-refractivity contribution in [3.05, 3.63) is 95.0 Å². The Bertz CT molecular complexity index is 2150. The zero-order valence-corrected chi connectivity index (χ0v) is 34.8. The summed E-state index contributed by atoms with van der Waals surface area (Å²) in [6.07, 6.45) is 7.74. The van der Waals surface area contributed by atoms with Gasteiger partial charge in [-0.15, -0.1) is 11.8 Å². The molecule has 0 saturated heterocycles. The van der Waals surface area contributed by atoms with Gasteiger partial charge in [-0.1, -0.05) is 41.4 Å². The third-order valence-electron chi connectivity index (χ3n) is 6.34. The number of carboxylic acid groups (broad SMARTS) is 2. The van der Waals surface area contributed by atoms with Crippen molar-refractivity contribution in [3.8, 4) is 11.5 Å². The number of anilines is 1. The number of rotatable bonds is 11. The predicted molar refractivity (Wildman–Crippen MR) is 215 cm³/mol. The molecule has 24 heteroatoms. The molecule has 0 saturated carbocycles. The number of benzene rings is 3. The summed E-state index contributed by atoms with van der Waals surface area (Å²) in [5.74, 6) is -2.11. The highest BCUT2D eigenvalue weighted by Crippen LogP contribution is 2.39. The van der Waals surface area contributed by atoms with Crippen LogP contribution in [0.2, 0.25) is 10.0 Å². The van der Waals surface area contributed by atoms with Crippen LogP contribution in [-0.2, 0) is 38.1 Å². The number of aromatic nitrogens is 2. The fourth-order valence-electron chi connectivity index (χ4n) is 4.09. The zero-order chi connectivity index (χ0) is 42.2. The molecular formula is C32H38Cl2FN6O11PS3. The van der Waals surface area contributed by atoms with E-state index in [0.29, 0.717) is 39.4 Å². The van der Waals surface area contributed by atoms with Gasteiger partial charge >= 0.3 is 16.8 Å². The van der Waals surface area contributed by atoms with Gasteiger partial charge in [0.25, 0.3) is 5.69 Å². The van der Waals surface area contributed by atoms with E-state index in [1.165, 1.54) is 18.2 Å². The number of carbonyl (C=O) groups is 2. The number of aliphatic carboxylic acids is 2. The average molecular weight is 900 g/mol. The maximum atomic E-state index is 14.2. The first-order valence-corrected chi connectivity index (χ1v) is 22.6. The number of thioether (sulfide) groups is 1. The molecule has 0 amide bonds. The molecule has 0 radical (unpaired) electrons. The molecule has 0 spiro atoms. The summed E-state index contributed by atoms with van der Waals surface area (Å²) in [5, 5.41) is 29.6. The lowest BCUT2D eigenvalue weighted by molar-refractivity contribution is -0.383. The van der Waals surface area contributed by atoms with Crippen molar-refractivity contribution >= 4 is 93.8 Å². The number of nitrogens with one attached hydrogen (secondary N) is 1. The number of ether oxygens (including phenoxy) is 1. The molecule has 4 aromatic rings. The van der Waals surface area contributed by atoms with Crippen LogP contribution in [0, 0.1) is 15.9 Å². The molecule has 6 N–H and O–H groups in total. The minimum absolute atomic E-state index is 0.0352. The first kappa shape index (κ1) is 48.2. The van der Waals surface area contributed by atoms with Gasteiger partial charge in [-0.25, -0.2) is 14.1 Å². The minimum Gasteiger partial charge on any atom is -0.778 e. The highest BCUT2D eigenvalue weighted by Gasteiger charge is 2.19. The normalized spacial score (nSPS) is 13.1. The van der Waals surface area contributed by atoms with Crippen molar-refractivity contribution in [1.82, 2.24) is 14.7 Å². The van der Waals surface area contributed by atoms with Gasteiger partial charge in [-0.2, -0.15) is 0 Å². The van der Waals surface area contributed by atoms with Crippen LogP contribution in [0.1, 0.15) is 12.8 Å². The van der Waals surface area contributed by atoms with Crippen LogP contribution >= 0.6 is 53.9 Å². The quantitative estimate of drug-likeness (QED) is 0.0332. The molecule has 3 aromatic carbocycles. The van der Waals surface area contributed by atoms with E-state index in [1.54, 1.807) is 33.6 Å². The number of nitrogens with zero attached hydrogens (tertiary/aromatic N) is 4. The molecule has 0 bridgehead atoms. The summed E-state index contributed by atoms with van der Waals surface area (Å²) >= 11 is 13.9. The van der Waals surface area contributed by atoms with Crippen LogP contribution in [-0.4, -0.2) is 78.7 Å². The van der Waals surface area contributed by atoms with E-state index in [2.05, 4.69) is 23.8 Å². The highest BCUT2D eigenvalue weighted by atomic mass is 35.5. The second kappa shape index (κ2) is 23.3. The molecule has 0 fully saturated rings. The first-order valence-electron chi connectivity index (χ1n) is 15.8. The van der Waals surface area contributed by atoms with Gasteiger partial charge < -0.3 is 35.0 Å². The highest BCUT2D eigenvalue weighted by molar-refractivity contribution is 8.00. The SMILES string of the molecule is C[S+](C)C.Nc1c([N+](=O)[O-])ccc(Oc2ccccc2)c1Cl.O=C(O)CNCP(=O)([O-])O.O=C(O)CSc1cc(N=c2sc(=O)n3n2CCCC3)c(F)cc1Cl. The predicted octanol–water partition coefficient (Wildman–Crippen LogP) is 4.99. The molecule has 306 valence electrons. The Morgan fingerprint density at radius 1 is 1.11 bits per heavy atom. The summed E-state index contributed by atoms with van der Waals surface area (Å²) in [4.78, 5) is 65.5. The van der Waals surface area contributed by atoms with Crippen LogP contribution in [0.25, 0.3) is 0 Å². The van der Waals surface area contributed by atoms with Crippen LogP contribution in [0.4, 0.5) is 21.5 Å².